The lowest BCUT2D eigenvalue weighted by molar-refractivity contribution is -0.121. The summed E-state index contributed by atoms with van der Waals surface area (Å²) >= 11 is 0. The highest BCUT2D eigenvalue weighted by Crippen LogP contribution is 1.96. The highest BCUT2D eigenvalue weighted by Gasteiger charge is 2.05. The maximum Gasteiger partial charge on any atom is 0.239 e. The number of nitrogens with zero attached hydrogens (tertiary/aromatic N) is 2. The fraction of sp³-hybridized carbons (Fsp3) is 0.600. The predicted octanol–water partition coefficient (Wildman–Crippen LogP) is 0.292. The van der Waals surface area contributed by atoms with Crippen LogP contribution in [0.5, 0.6) is 0 Å². The molecule has 1 aromatic rings. The summed E-state index contributed by atoms with van der Waals surface area (Å²) in [6.45, 7) is 2.86. The Hall–Kier alpha value is -1.36. The lowest BCUT2D eigenvalue weighted by Gasteiger charge is -2.06. The van der Waals surface area contributed by atoms with Crippen LogP contribution in [-0.4, -0.2) is 27.1 Å². The van der Waals surface area contributed by atoms with Gasteiger partial charge in [0.1, 0.15) is 19.0 Å². The van der Waals surface area contributed by atoms with Crippen molar-refractivity contribution in [2.75, 3.05) is 6.54 Å². The Bertz CT molecular complexity index is 309. The van der Waals surface area contributed by atoms with Crippen LogP contribution in [-0.2, 0) is 17.9 Å². The molecule has 0 aliphatic carbocycles. The molecule has 1 rings (SSSR count). The van der Waals surface area contributed by atoms with Crippen molar-refractivity contribution < 1.29 is 9.90 Å². The molecule has 5 heteroatoms. The molecular weight excluding hydrogens is 194 g/mol. The highest BCUT2D eigenvalue weighted by atomic mass is 16.3. The largest absolute Gasteiger partial charge is 0.388 e. The smallest absolute Gasteiger partial charge is 0.239 e. The number of imidazole rings is 1. The second-order valence-corrected chi connectivity index (χ2v) is 3.33. The number of hydrogen-bond acceptors (Lipinski definition) is 3. The van der Waals surface area contributed by atoms with Gasteiger partial charge in [0.25, 0.3) is 0 Å². The third-order valence-electron chi connectivity index (χ3n) is 2.11. The molecule has 1 heterocycles. The molecule has 84 valence electrons. The normalized spacial score (nSPS) is 10.3. The van der Waals surface area contributed by atoms with Crippen LogP contribution in [0, 0.1) is 0 Å². The first-order valence-corrected chi connectivity index (χ1v) is 5.15. The van der Waals surface area contributed by atoms with Gasteiger partial charge in [0.05, 0.1) is 0 Å². The molecule has 0 atom stereocenters. The van der Waals surface area contributed by atoms with Crippen molar-refractivity contribution in [2.24, 2.45) is 0 Å². The summed E-state index contributed by atoms with van der Waals surface area (Å²) in [6.07, 6.45) is 5.31. The first kappa shape index (κ1) is 11.7. The van der Waals surface area contributed by atoms with Crippen molar-refractivity contribution in [2.45, 2.75) is 32.9 Å². The van der Waals surface area contributed by atoms with Gasteiger partial charge < -0.3 is 15.0 Å². The highest BCUT2D eigenvalue weighted by molar-refractivity contribution is 5.75. The zero-order valence-corrected chi connectivity index (χ0v) is 8.94. The van der Waals surface area contributed by atoms with E-state index in [0.29, 0.717) is 12.4 Å². The molecule has 0 aliphatic rings. The third-order valence-corrected chi connectivity index (χ3v) is 2.11. The van der Waals surface area contributed by atoms with Gasteiger partial charge in [0.15, 0.2) is 0 Å². The van der Waals surface area contributed by atoms with E-state index < -0.39 is 0 Å². The van der Waals surface area contributed by atoms with Gasteiger partial charge in [-0.25, -0.2) is 4.98 Å². The molecule has 0 saturated heterocycles. The molecule has 0 aliphatic heterocycles. The average Bonchev–Trinajstić information content (AvgIpc) is 2.65. The summed E-state index contributed by atoms with van der Waals surface area (Å²) < 4.78 is 1.64. The summed E-state index contributed by atoms with van der Waals surface area (Å²) in [5.41, 5.74) is 0. The maximum absolute atomic E-state index is 11.4. The minimum atomic E-state index is -0.144. The maximum atomic E-state index is 11.4. The Morgan fingerprint density at radius 2 is 2.47 bits per heavy atom. The molecule has 0 aromatic carbocycles. The summed E-state index contributed by atoms with van der Waals surface area (Å²) in [5.74, 6) is 0.469. The van der Waals surface area contributed by atoms with Gasteiger partial charge in [-0.15, -0.1) is 0 Å². The van der Waals surface area contributed by atoms with Crippen LogP contribution in [0.25, 0.3) is 0 Å². The Morgan fingerprint density at radius 3 is 3.13 bits per heavy atom. The molecule has 0 bridgehead atoms. The van der Waals surface area contributed by atoms with Crippen LogP contribution >= 0.6 is 0 Å². The Kier molecular flexibility index (Phi) is 4.83. The first-order valence-electron chi connectivity index (χ1n) is 5.15. The molecular formula is C10H17N3O2. The second-order valence-electron chi connectivity index (χ2n) is 3.33. The van der Waals surface area contributed by atoms with Crippen LogP contribution in [0.4, 0.5) is 0 Å². The number of nitrogens with one attached hydrogen (secondary N) is 1. The number of carbonyl (C=O) groups is 1. The third kappa shape index (κ3) is 3.71. The molecule has 1 amide bonds. The lowest BCUT2D eigenvalue weighted by atomic mass is 10.3. The Morgan fingerprint density at radius 1 is 1.67 bits per heavy atom. The number of aliphatic hydroxyl groups excluding tert-OH is 1. The van der Waals surface area contributed by atoms with E-state index in [2.05, 4.69) is 17.2 Å². The molecule has 1 aromatic heterocycles. The Labute approximate surface area is 89.1 Å². The van der Waals surface area contributed by atoms with E-state index >= 15 is 0 Å². The van der Waals surface area contributed by atoms with Crippen LogP contribution in [0.1, 0.15) is 25.6 Å². The number of hydrogen-bond donors (Lipinski definition) is 2. The van der Waals surface area contributed by atoms with Gasteiger partial charge >= 0.3 is 0 Å². The van der Waals surface area contributed by atoms with Gasteiger partial charge in [0.2, 0.25) is 5.91 Å². The van der Waals surface area contributed by atoms with Crippen molar-refractivity contribution >= 4 is 5.91 Å². The predicted molar refractivity (Wildman–Crippen MR) is 56.1 cm³/mol. The van der Waals surface area contributed by atoms with Gasteiger partial charge in [-0.2, -0.15) is 0 Å². The molecule has 0 saturated carbocycles. The van der Waals surface area contributed by atoms with E-state index in [1.54, 1.807) is 17.0 Å². The molecule has 0 spiro atoms. The topological polar surface area (TPSA) is 67.2 Å². The van der Waals surface area contributed by atoms with Gasteiger partial charge in [-0.3, -0.25) is 4.79 Å². The van der Waals surface area contributed by atoms with Crippen molar-refractivity contribution in [3.8, 4) is 0 Å². The number of amides is 1. The van der Waals surface area contributed by atoms with E-state index in [1.807, 2.05) is 0 Å². The van der Waals surface area contributed by atoms with Crippen LogP contribution < -0.4 is 5.32 Å². The molecule has 5 nitrogen and oxygen atoms in total. The fourth-order valence-electron chi connectivity index (χ4n) is 1.25. The van der Waals surface area contributed by atoms with Crippen molar-refractivity contribution in [3.63, 3.8) is 0 Å². The average molecular weight is 211 g/mol. The van der Waals surface area contributed by atoms with E-state index in [9.17, 15) is 4.79 Å². The summed E-state index contributed by atoms with van der Waals surface area (Å²) in [5, 5.41) is 11.7. The summed E-state index contributed by atoms with van der Waals surface area (Å²) in [6, 6.07) is 0. The fourth-order valence-corrected chi connectivity index (χ4v) is 1.25. The summed E-state index contributed by atoms with van der Waals surface area (Å²) in [7, 11) is 0. The number of rotatable bonds is 6. The van der Waals surface area contributed by atoms with Gasteiger partial charge in [-0.05, 0) is 6.42 Å². The molecule has 0 fully saturated rings. The number of carbonyl (C=O) groups excluding carboxylic acids is 1. The SMILES string of the molecule is CCCCNC(=O)Cn1ccnc1CO. The molecule has 0 unspecified atom stereocenters. The van der Waals surface area contributed by atoms with Crippen LogP contribution in [0.15, 0.2) is 12.4 Å². The van der Waals surface area contributed by atoms with E-state index in [1.165, 1.54) is 0 Å². The minimum absolute atomic E-state index is 0.0452. The van der Waals surface area contributed by atoms with Crippen molar-refractivity contribution in [1.82, 2.24) is 14.9 Å². The number of unbranched alkanes of at least 4 members (excludes halogenated alkanes) is 1. The zero-order valence-electron chi connectivity index (χ0n) is 8.94. The molecule has 2 N–H and O–H groups in total. The molecule has 0 radical (unpaired) electrons. The standard InChI is InChI=1S/C10H17N3O2/c1-2-3-4-12-10(15)7-13-6-5-11-9(13)8-14/h5-6,14H,2-4,7-8H2,1H3,(H,12,15). The van der Waals surface area contributed by atoms with E-state index in [-0.39, 0.29) is 19.1 Å². The second kappa shape index (κ2) is 6.19. The van der Waals surface area contributed by atoms with Crippen LogP contribution in [0.3, 0.4) is 0 Å². The van der Waals surface area contributed by atoms with Crippen molar-refractivity contribution in [3.05, 3.63) is 18.2 Å². The number of aliphatic hydroxyl groups is 1. The van der Waals surface area contributed by atoms with Gasteiger partial charge in [-0.1, -0.05) is 13.3 Å². The Balaban J connectivity index is 2.37. The monoisotopic (exact) mass is 211 g/mol. The van der Waals surface area contributed by atoms with Gasteiger partial charge in [0, 0.05) is 18.9 Å². The summed E-state index contributed by atoms with van der Waals surface area (Å²) in [4.78, 5) is 15.3. The van der Waals surface area contributed by atoms with E-state index in [0.717, 1.165) is 12.8 Å². The minimum Gasteiger partial charge on any atom is -0.388 e. The number of aromatic nitrogens is 2. The molecule has 15 heavy (non-hydrogen) atoms. The first-order chi connectivity index (χ1) is 7.27. The lowest BCUT2D eigenvalue weighted by Crippen LogP contribution is -2.28. The van der Waals surface area contributed by atoms with Crippen molar-refractivity contribution in [1.29, 1.82) is 0 Å². The zero-order chi connectivity index (χ0) is 11.1. The van der Waals surface area contributed by atoms with Crippen LogP contribution in [0.2, 0.25) is 0 Å². The quantitative estimate of drug-likeness (QED) is 0.665. The van der Waals surface area contributed by atoms with E-state index in [4.69, 9.17) is 5.11 Å².